The highest BCUT2D eigenvalue weighted by molar-refractivity contribution is 7.46. The summed E-state index contributed by atoms with van der Waals surface area (Å²) in [5, 5.41) is 0.132. The van der Waals surface area contributed by atoms with Gasteiger partial charge >= 0.3 is 7.82 Å². The van der Waals surface area contributed by atoms with E-state index in [1.807, 2.05) is 0 Å². The lowest BCUT2D eigenvalue weighted by Crippen LogP contribution is -2.09. The molecule has 26 heavy (non-hydrogen) atoms. The van der Waals surface area contributed by atoms with Crippen molar-refractivity contribution in [1.82, 2.24) is 0 Å². The van der Waals surface area contributed by atoms with Gasteiger partial charge < -0.3 is 18.4 Å². The molecular weight excluding hydrogens is 363 g/mol. The molecule has 0 aliphatic carbocycles. The number of benzene rings is 2. The summed E-state index contributed by atoms with van der Waals surface area (Å²) in [5.74, 6) is 0.0153. The maximum Gasteiger partial charge on any atom is 0.525 e. The lowest BCUT2D eigenvalue weighted by Gasteiger charge is -2.14. The zero-order valence-corrected chi connectivity index (χ0v) is 14.7. The quantitative estimate of drug-likeness (QED) is 0.651. The number of hydrogen-bond donors (Lipinski definition) is 2. The van der Waals surface area contributed by atoms with Gasteiger partial charge in [0.25, 0.3) is 0 Å². The Hall–Kier alpha value is -2.80. The summed E-state index contributed by atoms with van der Waals surface area (Å²) in [5.41, 5.74) is -0.189. The monoisotopic (exact) mass is 378 g/mol. The number of phosphoric acid groups is 1. The van der Waals surface area contributed by atoms with E-state index in [2.05, 4.69) is 4.52 Å². The van der Waals surface area contributed by atoms with E-state index in [0.717, 1.165) is 0 Å². The lowest BCUT2D eigenvalue weighted by molar-refractivity contribution is 0.280. The molecule has 0 bridgehead atoms. The van der Waals surface area contributed by atoms with Crippen molar-refractivity contribution >= 4 is 18.8 Å². The summed E-state index contributed by atoms with van der Waals surface area (Å²) >= 11 is 0. The predicted octanol–water partition coefficient (Wildman–Crippen LogP) is 2.95. The predicted molar refractivity (Wildman–Crippen MR) is 93.7 cm³/mol. The molecule has 1 aromatic heterocycles. The van der Waals surface area contributed by atoms with Crippen molar-refractivity contribution in [3.63, 3.8) is 0 Å². The Balaban J connectivity index is 2.36. The molecule has 0 spiro atoms. The summed E-state index contributed by atoms with van der Waals surface area (Å²) in [4.78, 5) is 31.1. The summed E-state index contributed by atoms with van der Waals surface area (Å²) in [6, 6.07) is 11.0. The van der Waals surface area contributed by atoms with Gasteiger partial charge in [-0.05, 0) is 24.3 Å². The van der Waals surface area contributed by atoms with Crippen LogP contribution >= 0.6 is 7.82 Å². The maximum atomic E-state index is 12.7. The van der Waals surface area contributed by atoms with Crippen LogP contribution in [0.3, 0.4) is 0 Å². The van der Waals surface area contributed by atoms with Crippen LogP contribution in [0.4, 0.5) is 0 Å². The van der Waals surface area contributed by atoms with Crippen molar-refractivity contribution in [2.45, 2.75) is 0 Å². The van der Waals surface area contributed by atoms with E-state index in [1.54, 1.807) is 30.3 Å². The first-order valence-electron chi connectivity index (χ1n) is 7.37. The topological polar surface area (TPSA) is 115 Å². The summed E-state index contributed by atoms with van der Waals surface area (Å²) < 4.78 is 32.2. The van der Waals surface area contributed by atoms with Gasteiger partial charge in [0.2, 0.25) is 11.2 Å². The Kier molecular flexibility index (Phi) is 4.73. The van der Waals surface area contributed by atoms with Crippen LogP contribution in [0.5, 0.6) is 17.2 Å². The molecule has 2 aromatic carbocycles. The molecule has 136 valence electrons. The van der Waals surface area contributed by atoms with E-state index >= 15 is 0 Å². The Labute approximate surface area is 147 Å². The molecule has 0 atom stereocenters. The average molecular weight is 378 g/mol. The highest BCUT2D eigenvalue weighted by Gasteiger charge is 2.27. The van der Waals surface area contributed by atoms with Crippen LogP contribution in [0.1, 0.15) is 0 Å². The fourth-order valence-corrected chi connectivity index (χ4v) is 2.89. The van der Waals surface area contributed by atoms with E-state index in [4.69, 9.17) is 13.9 Å². The summed E-state index contributed by atoms with van der Waals surface area (Å²) in [6.45, 7) is 0. The average Bonchev–Trinajstić information content (AvgIpc) is 2.62. The van der Waals surface area contributed by atoms with Gasteiger partial charge in [-0.25, -0.2) is 4.57 Å². The minimum atomic E-state index is -5.00. The molecule has 9 heteroatoms. The van der Waals surface area contributed by atoms with Crippen molar-refractivity contribution < 1.29 is 32.8 Å². The highest BCUT2D eigenvalue weighted by atomic mass is 31.2. The molecule has 8 nitrogen and oxygen atoms in total. The molecule has 0 fully saturated rings. The van der Waals surface area contributed by atoms with E-state index in [1.165, 1.54) is 26.4 Å². The first kappa shape index (κ1) is 18.0. The van der Waals surface area contributed by atoms with Crippen LogP contribution in [0.2, 0.25) is 0 Å². The molecule has 0 aliphatic heterocycles. The van der Waals surface area contributed by atoms with Crippen LogP contribution in [0.25, 0.3) is 22.3 Å². The zero-order valence-electron chi connectivity index (χ0n) is 13.8. The Bertz CT molecular complexity index is 1070. The number of phosphoric ester groups is 1. The highest BCUT2D eigenvalue weighted by Crippen LogP contribution is 2.44. The first-order chi connectivity index (χ1) is 12.3. The smallest absolute Gasteiger partial charge is 0.497 e. The normalized spacial score (nSPS) is 11.4. The number of ether oxygens (including phenoxy) is 2. The van der Waals surface area contributed by atoms with Gasteiger partial charge in [0.1, 0.15) is 17.1 Å². The van der Waals surface area contributed by atoms with Crippen LogP contribution in [0, 0.1) is 0 Å². The van der Waals surface area contributed by atoms with Gasteiger partial charge in [0.15, 0.2) is 5.76 Å². The van der Waals surface area contributed by atoms with Gasteiger partial charge in [0.05, 0.1) is 25.2 Å². The largest absolute Gasteiger partial charge is 0.525 e. The molecule has 2 N–H and O–H groups in total. The number of methoxy groups -OCH3 is 2. The molecule has 3 aromatic rings. The van der Waals surface area contributed by atoms with E-state index in [9.17, 15) is 19.1 Å². The van der Waals surface area contributed by atoms with Crippen molar-refractivity contribution in [3.8, 4) is 28.6 Å². The molecule has 0 unspecified atom stereocenters. The molecule has 0 radical (unpaired) electrons. The van der Waals surface area contributed by atoms with Crippen LogP contribution < -0.4 is 19.4 Å². The second-order valence-corrected chi connectivity index (χ2v) is 6.40. The fourth-order valence-electron chi connectivity index (χ4n) is 2.49. The molecule has 3 rings (SSSR count). The Morgan fingerprint density at radius 2 is 1.77 bits per heavy atom. The minimum absolute atomic E-state index is 0.132. The third kappa shape index (κ3) is 3.43. The van der Waals surface area contributed by atoms with E-state index in [-0.39, 0.29) is 28.0 Å². The lowest BCUT2D eigenvalue weighted by atomic mass is 10.1. The first-order valence-corrected chi connectivity index (χ1v) is 8.90. The van der Waals surface area contributed by atoms with E-state index in [0.29, 0.717) is 5.75 Å². The number of rotatable bonds is 5. The fraction of sp³-hybridized carbons (Fsp3) is 0.118. The van der Waals surface area contributed by atoms with Gasteiger partial charge in [-0.2, -0.15) is 0 Å². The number of fused-ring (bicyclic) bond motifs is 1. The SMILES string of the molecule is COc1ccc(-c2oc3ccccc3c(=O)c2OP(=O)(O)O)c(OC)c1. The van der Waals surface area contributed by atoms with Crippen LogP contribution in [-0.2, 0) is 4.57 Å². The number of hydrogen-bond acceptors (Lipinski definition) is 6. The third-order valence-corrected chi connectivity index (χ3v) is 4.04. The van der Waals surface area contributed by atoms with Crippen molar-refractivity contribution in [2.24, 2.45) is 0 Å². The zero-order chi connectivity index (χ0) is 18.9. The number of para-hydroxylation sites is 1. The Morgan fingerprint density at radius 1 is 1.04 bits per heavy atom. The van der Waals surface area contributed by atoms with Gasteiger partial charge in [-0.1, -0.05) is 12.1 Å². The molecule has 0 saturated heterocycles. The summed E-state index contributed by atoms with van der Waals surface area (Å²) in [6.07, 6.45) is 0. The van der Waals surface area contributed by atoms with Crippen molar-refractivity contribution in [3.05, 3.63) is 52.7 Å². The second-order valence-electron chi connectivity index (χ2n) is 5.23. The van der Waals surface area contributed by atoms with Gasteiger partial charge in [-0.15, -0.1) is 0 Å². The van der Waals surface area contributed by atoms with Gasteiger partial charge in [-0.3, -0.25) is 14.6 Å². The molecule has 0 amide bonds. The minimum Gasteiger partial charge on any atom is -0.497 e. The third-order valence-electron chi connectivity index (χ3n) is 3.62. The van der Waals surface area contributed by atoms with E-state index < -0.39 is 19.0 Å². The summed E-state index contributed by atoms with van der Waals surface area (Å²) in [7, 11) is -2.12. The standard InChI is InChI=1S/C17H15O8P/c1-22-10-7-8-12(14(9-10)23-2)16-17(25-26(19,20)21)15(18)11-5-3-4-6-13(11)24-16/h3-9H,1-2H3,(H2,19,20,21). The van der Waals surface area contributed by atoms with Crippen molar-refractivity contribution in [1.29, 1.82) is 0 Å². The molecular formula is C17H15O8P. The van der Waals surface area contributed by atoms with Crippen LogP contribution in [0.15, 0.2) is 51.7 Å². The molecule has 0 aliphatic rings. The van der Waals surface area contributed by atoms with Gasteiger partial charge in [0, 0.05) is 6.07 Å². The Morgan fingerprint density at radius 3 is 2.42 bits per heavy atom. The van der Waals surface area contributed by atoms with Crippen molar-refractivity contribution in [2.75, 3.05) is 14.2 Å². The van der Waals surface area contributed by atoms with Crippen LogP contribution in [-0.4, -0.2) is 24.0 Å². The maximum absolute atomic E-state index is 12.7. The molecule has 1 heterocycles. The second kappa shape index (κ2) is 6.84. The molecule has 0 saturated carbocycles.